The number of aromatic nitrogens is 1. The standard InChI is InChI=1S/C14H26N2O/c1-4-10-17-11-9-16-8-7-13(12-16)14(5-2)15-6-3/h7-8,12,14-15H,4-6,9-11H2,1-3H3. The van der Waals surface area contributed by atoms with Crippen LogP contribution in [0.3, 0.4) is 0 Å². The number of hydrogen-bond donors (Lipinski definition) is 1. The first-order valence-corrected chi connectivity index (χ1v) is 6.78. The van der Waals surface area contributed by atoms with Crippen LogP contribution in [-0.2, 0) is 11.3 Å². The van der Waals surface area contributed by atoms with Crippen molar-refractivity contribution in [2.45, 2.75) is 46.2 Å². The van der Waals surface area contributed by atoms with E-state index in [4.69, 9.17) is 4.74 Å². The molecule has 0 saturated heterocycles. The van der Waals surface area contributed by atoms with Crippen LogP contribution in [0, 0.1) is 0 Å². The fraction of sp³-hybridized carbons (Fsp3) is 0.714. The molecule has 3 heteroatoms. The molecule has 0 spiro atoms. The van der Waals surface area contributed by atoms with E-state index in [1.807, 2.05) is 0 Å². The maximum absolute atomic E-state index is 5.49. The van der Waals surface area contributed by atoms with Crippen LogP contribution in [0.2, 0.25) is 0 Å². The monoisotopic (exact) mass is 238 g/mol. The van der Waals surface area contributed by atoms with Crippen LogP contribution < -0.4 is 5.32 Å². The van der Waals surface area contributed by atoms with Gasteiger partial charge in [-0.25, -0.2) is 0 Å². The zero-order valence-electron chi connectivity index (χ0n) is 11.4. The van der Waals surface area contributed by atoms with E-state index in [0.29, 0.717) is 6.04 Å². The molecule has 1 atom stereocenters. The molecule has 0 bridgehead atoms. The van der Waals surface area contributed by atoms with E-state index >= 15 is 0 Å². The quantitative estimate of drug-likeness (QED) is 0.669. The summed E-state index contributed by atoms with van der Waals surface area (Å²) in [6.07, 6.45) is 6.59. The third-order valence-electron chi connectivity index (χ3n) is 2.88. The van der Waals surface area contributed by atoms with Gasteiger partial charge in [0.15, 0.2) is 0 Å². The Hall–Kier alpha value is -0.800. The average Bonchev–Trinajstić information content (AvgIpc) is 2.80. The zero-order valence-corrected chi connectivity index (χ0v) is 11.4. The van der Waals surface area contributed by atoms with Crippen LogP contribution in [0.15, 0.2) is 18.5 Å². The van der Waals surface area contributed by atoms with Gasteiger partial charge in [0.05, 0.1) is 6.61 Å². The average molecular weight is 238 g/mol. The van der Waals surface area contributed by atoms with Crippen LogP contribution in [-0.4, -0.2) is 24.3 Å². The molecule has 3 nitrogen and oxygen atoms in total. The van der Waals surface area contributed by atoms with E-state index in [9.17, 15) is 0 Å². The summed E-state index contributed by atoms with van der Waals surface area (Å²) in [7, 11) is 0. The van der Waals surface area contributed by atoms with Crippen molar-refractivity contribution in [2.75, 3.05) is 19.8 Å². The van der Waals surface area contributed by atoms with Gasteiger partial charge in [-0.15, -0.1) is 0 Å². The Labute approximate surface area is 105 Å². The van der Waals surface area contributed by atoms with Crippen molar-refractivity contribution in [2.24, 2.45) is 0 Å². The molecule has 1 N–H and O–H groups in total. The van der Waals surface area contributed by atoms with E-state index in [-0.39, 0.29) is 0 Å². The van der Waals surface area contributed by atoms with Gasteiger partial charge in [0.1, 0.15) is 0 Å². The molecule has 1 unspecified atom stereocenters. The van der Waals surface area contributed by atoms with E-state index in [1.54, 1.807) is 0 Å². The van der Waals surface area contributed by atoms with Crippen molar-refractivity contribution in [1.29, 1.82) is 0 Å². The second-order valence-electron chi connectivity index (χ2n) is 4.31. The maximum atomic E-state index is 5.49. The first-order valence-electron chi connectivity index (χ1n) is 6.78. The normalized spacial score (nSPS) is 12.9. The summed E-state index contributed by atoms with van der Waals surface area (Å²) in [4.78, 5) is 0. The van der Waals surface area contributed by atoms with Crippen LogP contribution >= 0.6 is 0 Å². The zero-order chi connectivity index (χ0) is 12.5. The molecule has 0 radical (unpaired) electrons. The second kappa shape index (κ2) is 8.31. The molecule has 1 aromatic heterocycles. The third kappa shape index (κ3) is 4.92. The van der Waals surface area contributed by atoms with Gasteiger partial charge < -0.3 is 14.6 Å². The Bertz CT molecular complexity index is 296. The van der Waals surface area contributed by atoms with Crippen molar-refractivity contribution < 1.29 is 4.74 Å². The molecule has 1 rings (SSSR count). The molecule has 0 amide bonds. The summed E-state index contributed by atoms with van der Waals surface area (Å²) < 4.78 is 7.71. The van der Waals surface area contributed by atoms with Gasteiger partial charge in [-0.05, 0) is 31.0 Å². The molecule has 1 heterocycles. The molecule has 0 saturated carbocycles. The van der Waals surface area contributed by atoms with Crippen LogP contribution in [0.1, 0.15) is 45.2 Å². The molecule has 0 aromatic carbocycles. The summed E-state index contributed by atoms with van der Waals surface area (Å²) in [5.41, 5.74) is 1.38. The number of nitrogens with zero attached hydrogens (tertiary/aromatic N) is 1. The van der Waals surface area contributed by atoms with Crippen LogP contribution in [0.4, 0.5) is 0 Å². The van der Waals surface area contributed by atoms with Gasteiger partial charge in [0.2, 0.25) is 0 Å². The third-order valence-corrected chi connectivity index (χ3v) is 2.88. The highest BCUT2D eigenvalue weighted by Gasteiger charge is 2.08. The second-order valence-corrected chi connectivity index (χ2v) is 4.31. The molecule has 98 valence electrons. The van der Waals surface area contributed by atoms with Gasteiger partial charge >= 0.3 is 0 Å². The SMILES string of the molecule is CCCOCCn1ccc(C(CC)NCC)c1. The van der Waals surface area contributed by atoms with E-state index < -0.39 is 0 Å². The predicted octanol–water partition coefficient (Wildman–Crippen LogP) is 2.98. The smallest absolute Gasteiger partial charge is 0.0645 e. The lowest BCUT2D eigenvalue weighted by atomic mass is 10.1. The minimum Gasteiger partial charge on any atom is -0.380 e. The van der Waals surface area contributed by atoms with Crippen molar-refractivity contribution in [3.63, 3.8) is 0 Å². The molecule has 0 aliphatic rings. The van der Waals surface area contributed by atoms with Crippen molar-refractivity contribution in [1.82, 2.24) is 9.88 Å². The summed E-state index contributed by atoms with van der Waals surface area (Å²) in [5.74, 6) is 0. The minimum atomic E-state index is 0.484. The molecular weight excluding hydrogens is 212 g/mol. The number of hydrogen-bond acceptors (Lipinski definition) is 2. The van der Waals surface area contributed by atoms with Crippen molar-refractivity contribution in [3.05, 3.63) is 24.0 Å². The van der Waals surface area contributed by atoms with E-state index in [0.717, 1.165) is 39.1 Å². The van der Waals surface area contributed by atoms with E-state index in [2.05, 4.69) is 49.1 Å². The fourth-order valence-corrected chi connectivity index (χ4v) is 1.97. The maximum Gasteiger partial charge on any atom is 0.0645 e. The number of ether oxygens (including phenoxy) is 1. The molecule has 0 aliphatic carbocycles. The highest BCUT2D eigenvalue weighted by atomic mass is 16.5. The highest BCUT2D eigenvalue weighted by Crippen LogP contribution is 2.16. The topological polar surface area (TPSA) is 26.2 Å². The lowest BCUT2D eigenvalue weighted by Gasteiger charge is -2.14. The minimum absolute atomic E-state index is 0.484. The Morgan fingerprint density at radius 1 is 1.29 bits per heavy atom. The van der Waals surface area contributed by atoms with Crippen LogP contribution in [0.5, 0.6) is 0 Å². The van der Waals surface area contributed by atoms with Crippen molar-refractivity contribution in [3.8, 4) is 0 Å². The van der Waals surface area contributed by atoms with Gasteiger partial charge in [-0.3, -0.25) is 0 Å². The summed E-state index contributed by atoms with van der Waals surface area (Å²) in [5, 5.41) is 3.49. The van der Waals surface area contributed by atoms with E-state index in [1.165, 1.54) is 5.56 Å². The van der Waals surface area contributed by atoms with Gasteiger partial charge in [0, 0.05) is 31.6 Å². The number of rotatable bonds is 9. The predicted molar refractivity (Wildman–Crippen MR) is 72.3 cm³/mol. The van der Waals surface area contributed by atoms with Gasteiger partial charge in [-0.1, -0.05) is 20.8 Å². The molecule has 0 aliphatic heterocycles. The lowest BCUT2D eigenvalue weighted by molar-refractivity contribution is 0.127. The lowest BCUT2D eigenvalue weighted by Crippen LogP contribution is -2.19. The Morgan fingerprint density at radius 3 is 2.76 bits per heavy atom. The molecule has 1 aromatic rings. The summed E-state index contributed by atoms with van der Waals surface area (Å²) >= 11 is 0. The molecule has 0 fully saturated rings. The first-order chi connectivity index (χ1) is 8.31. The largest absolute Gasteiger partial charge is 0.380 e. The first kappa shape index (κ1) is 14.3. The summed E-state index contributed by atoms with van der Waals surface area (Å²) in [6.45, 7) is 10.1. The van der Waals surface area contributed by atoms with Crippen molar-refractivity contribution >= 4 is 0 Å². The van der Waals surface area contributed by atoms with Gasteiger partial charge in [0.25, 0.3) is 0 Å². The molecule has 17 heavy (non-hydrogen) atoms. The van der Waals surface area contributed by atoms with Gasteiger partial charge in [-0.2, -0.15) is 0 Å². The highest BCUT2D eigenvalue weighted by molar-refractivity contribution is 5.15. The van der Waals surface area contributed by atoms with Crippen LogP contribution in [0.25, 0.3) is 0 Å². The Morgan fingerprint density at radius 2 is 2.12 bits per heavy atom. The number of nitrogens with one attached hydrogen (secondary N) is 1. The molecular formula is C14H26N2O. The Kier molecular flexibility index (Phi) is 6.97. The summed E-state index contributed by atoms with van der Waals surface area (Å²) in [6, 6.07) is 2.69. The Balaban J connectivity index is 2.40. The fourth-order valence-electron chi connectivity index (χ4n) is 1.97.